The first-order valence-corrected chi connectivity index (χ1v) is 12.4. The van der Waals surface area contributed by atoms with Gasteiger partial charge in [0.05, 0.1) is 18.9 Å². The smallest absolute Gasteiger partial charge is 0.407 e. The summed E-state index contributed by atoms with van der Waals surface area (Å²) in [5.74, 6) is -0.840. The zero-order valence-electron chi connectivity index (χ0n) is 23.1. The Labute approximate surface area is 227 Å². The molecule has 2 amide bonds. The summed E-state index contributed by atoms with van der Waals surface area (Å²) in [6.07, 6.45) is 2.41. The summed E-state index contributed by atoms with van der Waals surface area (Å²) in [6.45, 7) is 9.82. The first-order chi connectivity index (χ1) is 18.4. The molecule has 2 heterocycles. The number of nitrogens with two attached hydrogens (primary N) is 1. The highest BCUT2D eigenvalue weighted by molar-refractivity contribution is 5.93. The van der Waals surface area contributed by atoms with Crippen LogP contribution in [0.5, 0.6) is 5.88 Å². The van der Waals surface area contributed by atoms with E-state index in [-0.39, 0.29) is 54.0 Å². The Bertz CT molecular complexity index is 1100. The fraction of sp³-hybridized carbons (Fsp3) is 0.560. The lowest BCUT2D eigenvalue weighted by Gasteiger charge is -2.19. The third-order valence-corrected chi connectivity index (χ3v) is 5.60. The minimum atomic E-state index is -1.07. The summed E-state index contributed by atoms with van der Waals surface area (Å²) in [5, 5.41) is 14.4. The number of anilines is 1. The lowest BCUT2D eigenvalue weighted by atomic mass is 10.1. The van der Waals surface area contributed by atoms with Gasteiger partial charge in [-0.05, 0) is 58.4 Å². The Balaban J connectivity index is 2.35. The van der Waals surface area contributed by atoms with Crippen molar-refractivity contribution in [2.45, 2.75) is 51.7 Å². The van der Waals surface area contributed by atoms with Crippen LogP contribution in [-0.2, 0) is 19.1 Å². The minimum absolute atomic E-state index is 0.00856. The zero-order chi connectivity index (χ0) is 29.2. The number of alkyl carbamates (subject to hydrolysis) is 1. The predicted octanol–water partition coefficient (Wildman–Crippen LogP) is 1.72. The number of ether oxygens (including phenoxy) is 3. The van der Waals surface area contributed by atoms with E-state index in [2.05, 4.69) is 32.3 Å². The highest BCUT2D eigenvalue weighted by Gasteiger charge is 2.27. The number of hydrogen-bond donors (Lipinski definition) is 5. The average Bonchev–Trinajstić information content (AvgIpc) is 3.51. The number of amides is 2. The molecule has 2 rings (SSSR count). The van der Waals surface area contributed by atoms with Gasteiger partial charge < -0.3 is 45.6 Å². The Morgan fingerprint density at radius 2 is 2.05 bits per heavy atom. The number of nitrogens with zero attached hydrogens (tertiary/aromatic N) is 3. The molecule has 0 aliphatic carbocycles. The van der Waals surface area contributed by atoms with E-state index in [0.717, 1.165) is 0 Å². The predicted molar refractivity (Wildman–Crippen MR) is 145 cm³/mol. The number of carbonyl (C=O) groups is 3. The third-order valence-electron chi connectivity index (χ3n) is 5.60. The van der Waals surface area contributed by atoms with Crippen LogP contribution in [0.3, 0.4) is 0 Å². The summed E-state index contributed by atoms with van der Waals surface area (Å²) in [6, 6.07) is 0. The van der Waals surface area contributed by atoms with Crippen molar-refractivity contribution in [1.82, 2.24) is 20.2 Å². The zero-order valence-corrected chi connectivity index (χ0v) is 23.1. The van der Waals surface area contributed by atoms with Crippen molar-refractivity contribution in [3.8, 4) is 5.88 Å². The maximum absolute atomic E-state index is 13.0. The number of likely N-dealkylation sites (tertiary alicyclic amines) is 1. The van der Waals surface area contributed by atoms with E-state index in [1.807, 2.05) is 0 Å². The number of methoxy groups -OCH3 is 2. The summed E-state index contributed by atoms with van der Waals surface area (Å²) in [7, 11) is 2.99. The summed E-state index contributed by atoms with van der Waals surface area (Å²) in [4.78, 5) is 49.1. The first-order valence-electron chi connectivity index (χ1n) is 12.4. The van der Waals surface area contributed by atoms with Gasteiger partial charge in [-0.15, -0.1) is 0 Å². The van der Waals surface area contributed by atoms with Crippen molar-refractivity contribution < 1.29 is 33.7 Å². The number of H-pyrrole nitrogens is 1. The standard InChI is InChI=1S/C25H39N7O7/c1-25(2,3)39-24(36)28-10-7-8-15(12-17(26)23(35)32-11-9-16(14-32)37-5)19(27-4)20-30-21(22(31-20)38-6)29-13-18(33)34/h12,16,29H,4,7-11,13-14,26H2,1-3,5-6H3,(H,28,36)(H,30,31)(H,33,34)/b17-12-,19-15-. The van der Waals surface area contributed by atoms with Gasteiger partial charge in [0, 0.05) is 26.7 Å². The van der Waals surface area contributed by atoms with Crippen molar-refractivity contribution >= 4 is 36.2 Å². The van der Waals surface area contributed by atoms with E-state index in [1.54, 1.807) is 32.8 Å². The molecule has 0 spiro atoms. The number of carboxylic acid groups (broad SMARTS) is 1. The number of hydrogen-bond acceptors (Lipinski definition) is 10. The quantitative estimate of drug-likeness (QED) is 0.105. The molecule has 1 saturated heterocycles. The van der Waals surface area contributed by atoms with Crippen molar-refractivity contribution in [3.63, 3.8) is 0 Å². The number of allylic oxidation sites excluding steroid dienone is 2. The second-order valence-electron chi connectivity index (χ2n) is 9.78. The van der Waals surface area contributed by atoms with Gasteiger partial charge in [0.25, 0.3) is 11.8 Å². The number of carbonyl (C=O) groups excluding carboxylic acids is 2. The van der Waals surface area contributed by atoms with Crippen molar-refractivity contribution in [3.05, 3.63) is 23.2 Å². The molecule has 216 valence electrons. The molecule has 6 N–H and O–H groups in total. The number of carboxylic acids is 1. The molecule has 1 fully saturated rings. The normalized spacial score (nSPS) is 16.4. The Hall–Kier alpha value is -4.07. The number of aromatic amines is 1. The van der Waals surface area contributed by atoms with Gasteiger partial charge in [-0.1, -0.05) is 0 Å². The van der Waals surface area contributed by atoms with Gasteiger partial charge in [0.1, 0.15) is 17.8 Å². The molecule has 0 aromatic carbocycles. The molecular weight excluding hydrogens is 510 g/mol. The molecule has 0 bridgehead atoms. The third kappa shape index (κ3) is 9.63. The van der Waals surface area contributed by atoms with Crippen molar-refractivity contribution in [2.24, 2.45) is 10.7 Å². The fourth-order valence-electron chi connectivity index (χ4n) is 3.81. The minimum Gasteiger partial charge on any atom is -0.480 e. The summed E-state index contributed by atoms with van der Waals surface area (Å²) < 4.78 is 15.9. The van der Waals surface area contributed by atoms with E-state index in [1.165, 1.54) is 13.2 Å². The lowest BCUT2D eigenvalue weighted by Crippen LogP contribution is -2.33. The number of aliphatic imine (C=N–C) groups is 1. The second-order valence-corrected chi connectivity index (χ2v) is 9.78. The average molecular weight is 550 g/mol. The van der Waals surface area contributed by atoms with E-state index >= 15 is 0 Å². The van der Waals surface area contributed by atoms with Crippen LogP contribution < -0.4 is 21.1 Å². The van der Waals surface area contributed by atoms with E-state index in [4.69, 9.17) is 25.1 Å². The SMILES string of the molecule is C=N/C(=C(\C=C(/N)C(=O)N1CCC(OC)C1)CCCNC(=O)OC(C)(C)C)c1nc(OC)c(NCC(=O)O)[nH]1. The molecule has 0 saturated carbocycles. The van der Waals surface area contributed by atoms with Crippen LogP contribution in [0.4, 0.5) is 10.6 Å². The Morgan fingerprint density at radius 1 is 1.33 bits per heavy atom. The van der Waals surface area contributed by atoms with Crippen LogP contribution in [0.1, 0.15) is 45.9 Å². The van der Waals surface area contributed by atoms with Gasteiger partial charge in [0.2, 0.25) is 0 Å². The molecule has 1 aromatic heterocycles. The molecule has 0 radical (unpaired) electrons. The molecule has 1 atom stereocenters. The molecular formula is C25H39N7O7. The van der Waals surface area contributed by atoms with Crippen LogP contribution in [0.2, 0.25) is 0 Å². The van der Waals surface area contributed by atoms with Crippen molar-refractivity contribution in [2.75, 3.05) is 45.7 Å². The van der Waals surface area contributed by atoms with Gasteiger partial charge in [-0.2, -0.15) is 4.98 Å². The van der Waals surface area contributed by atoms with Crippen LogP contribution in [0, 0.1) is 0 Å². The van der Waals surface area contributed by atoms with E-state index < -0.39 is 17.7 Å². The van der Waals surface area contributed by atoms with E-state index in [0.29, 0.717) is 37.9 Å². The molecule has 14 heteroatoms. The number of nitrogens with one attached hydrogen (secondary N) is 3. The molecule has 14 nitrogen and oxygen atoms in total. The Morgan fingerprint density at radius 3 is 2.62 bits per heavy atom. The van der Waals surface area contributed by atoms with Gasteiger partial charge in [-0.25, -0.2) is 4.79 Å². The van der Waals surface area contributed by atoms with Gasteiger partial charge in [0.15, 0.2) is 11.6 Å². The monoisotopic (exact) mass is 549 g/mol. The van der Waals surface area contributed by atoms with Gasteiger partial charge in [-0.3, -0.25) is 14.6 Å². The van der Waals surface area contributed by atoms with Crippen LogP contribution in [0.25, 0.3) is 5.70 Å². The molecule has 1 aliphatic rings. The number of aliphatic carboxylic acids is 1. The fourth-order valence-corrected chi connectivity index (χ4v) is 3.81. The highest BCUT2D eigenvalue weighted by Crippen LogP contribution is 2.29. The van der Waals surface area contributed by atoms with Crippen LogP contribution in [0.15, 0.2) is 22.3 Å². The first kappa shape index (κ1) is 31.1. The number of rotatable bonds is 13. The number of aromatic nitrogens is 2. The largest absolute Gasteiger partial charge is 0.480 e. The number of imidazole rings is 1. The van der Waals surface area contributed by atoms with Crippen LogP contribution >= 0.6 is 0 Å². The molecule has 1 aromatic rings. The van der Waals surface area contributed by atoms with E-state index in [9.17, 15) is 14.4 Å². The topological polar surface area (TPSA) is 193 Å². The highest BCUT2D eigenvalue weighted by atomic mass is 16.6. The molecule has 1 aliphatic heterocycles. The summed E-state index contributed by atoms with van der Waals surface area (Å²) in [5.41, 5.74) is 6.39. The van der Waals surface area contributed by atoms with Gasteiger partial charge >= 0.3 is 12.1 Å². The maximum Gasteiger partial charge on any atom is 0.407 e. The Kier molecular flexibility index (Phi) is 11.3. The van der Waals surface area contributed by atoms with Crippen LogP contribution in [-0.4, -0.2) is 96.8 Å². The van der Waals surface area contributed by atoms with Crippen molar-refractivity contribution in [1.29, 1.82) is 0 Å². The lowest BCUT2D eigenvalue weighted by molar-refractivity contribution is -0.135. The second kappa shape index (κ2) is 14.2. The summed E-state index contributed by atoms with van der Waals surface area (Å²) >= 11 is 0. The maximum atomic E-state index is 13.0. The molecule has 1 unspecified atom stereocenters. The molecule has 39 heavy (non-hydrogen) atoms.